The highest BCUT2D eigenvalue weighted by Crippen LogP contribution is 2.39. The van der Waals surface area contributed by atoms with Crippen LogP contribution in [0, 0.1) is 6.92 Å². The molecule has 3 aromatic rings. The lowest BCUT2D eigenvalue weighted by molar-refractivity contribution is 0.0117. The van der Waals surface area contributed by atoms with Gasteiger partial charge in [0.2, 0.25) is 0 Å². The number of amides is 2. The van der Waals surface area contributed by atoms with Gasteiger partial charge in [0, 0.05) is 29.7 Å². The van der Waals surface area contributed by atoms with Gasteiger partial charge in [0.1, 0.15) is 0 Å². The summed E-state index contributed by atoms with van der Waals surface area (Å²) >= 11 is 1.59. The van der Waals surface area contributed by atoms with E-state index in [2.05, 4.69) is 10.3 Å². The lowest BCUT2D eigenvalue weighted by atomic mass is 9.73. The lowest BCUT2D eigenvalue weighted by Gasteiger charge is -2.53. The van der Waals surface area contributed by atoms with Crippen LogP contribution in [0.4, 0.5) is 0 Å². The van der Waals surface area contributed by atoms with Crippen molar-refractivity contribution in [2.24, 2.45) is 0 Å². The largest absolute Gasteiger partial charge is 0.345 e. The van der Waals surface area contributed by atoms with E-state index in [1.54, 1.807) is 23.7 Å². The molecule has 2 saturated heterocycles. The van der Waals surface area contributed by atoms with Crippen molar-refractivity contribution in [3.63, 3.8) is 0 Å². The third kappa shape index (κ3) is 3.21. The number of thiophene rings is 1. The fourth-order valence-electron chi connectivity index (χ4n) is 4.80. The van der Waals surface area contributed by atoms with Crippen LogP contribution >= 0.6 is 11.3 Å². The van der Waals surface area contributed by atoms with Gasteiger partial charge in [0.15, 0.2) is 0 Å². The van der Waals surface area contributed by atoms with E-state index in [9.17, 15) is 9.59 Å². The number of fused-ring (bicyclic) bond motifs is 4. The van der Waals surface area contributed by atoms with E-state index >= 15 is 0 Å². The van der Waals surface area contributed by atoms with Crippen molar-refractivity contribution in [2.45, 2.75) is 44.2 Å². The van der Waals surface area contributed by atoms with E-state index in [0.29, 0.717) is 12.1 Å². The van der Waals surface area contributed by atoms with Crippen molar-refractivity contribution >= 4 is 33.2 Å². The molecule has 6 heteroatoms. The standard InChI is InChI=1S/C23H23N3O2S/c1-15-11-17(13-24-12-15)22(28)26-14-23(8-5-18(26)6-9-23)25-21(27)19-4-2-3-16-7-10-29-20(16)19/h2-4,7,10-13,18H,5-6,8-9,14H2,1H3,(H,25,27). The maximum atomic E-state index is 13.2. The van der Waals surface area contributed by atoms with Crippen molar-refractivity contribution in [1.82, 2.24) is 15.2 Å². The highest BCUT2D eigenvalue weighted by Gasteiger charge is 2.47. The van der Waals surface area contributed by atoms with Gasteiger partial charge < -0.3 is 10.2 Å². The smallest absolute Gasteiger partial charge is 0.255 e. The maximum Gasteiger partial charge on any atom is 0.255 e. The fourth-order valence-corrected chi connectivity index (χ4v) is 5.71. The minimum Gasteiger partial charge on any atom is -0.345 e. The van der Waals surface area contributed by atoms with Crippen LogP contribution in [-0.2, 0) is 0 Å². The highest BCUT2D eigenvalue weighted by molar-refractivity contribution is 7.17. The average molecular weight is 406 g/mol. The van der Waals surface area contributed by atoms with Crippen LogP contribution in [0.5, 0.6) is 0 Å². The fraction of sp³-hybridized carbons (Fsp3) is 0.348. The van der Waals surface area contributed by atoms with Crippen LogP contribution in [-0.4, -0.2) is 39.8 Å². The van der Waals surface area contributed by atoms with E-state index < -0.39 is 0 Å². The number of hydrogen-bond acceptors (Lipinski definition) is 4. The molecule has 5 nitrogen and oxygen atoms in total. The van der Waals surface area contributed by atoms with Gasteiger partial charge in [0.05, 0.1) is 16.7 Å². The Kier molecular flexibility index (Phi) is 4.39. The van der Waals surface area contributed by atoms with E-state index in [4.69, 9.17) is 0 Å². The summed E-state index contributed by atoms with van der Waals surface area (Å²) in [4.78, 5) is 32.5. The molecule has 3 fully saturated rings. The lowest BCUT2D eigenvalue weighted by Crippen LogP contribution is -2.66. The Morgan fingerprint density at radius 2 is 2.03 bits per heavy atom. The van der Waals surface area contributed by atoms with Gasteiger partial charge in [-0.15, -0.1) is 11.3 Å². The number of rotatable bonds is 3. The molecule has 3 aliphatic rings. The summed E-state index contributed by atoms with van der Waals surface area (Å²) < 4.78 is 1.02. The Morgan fingerprint density at radius 3 is 2.83 bits per heavy atom. The number of aromatic nitrogens is 1. The Bertz CT molecular complexity index is 1100. The minimum atomic E-state index is -0.349. The van der Waals surface area contributed by atoms with E-state index in [-0.39, 0.29) is 23.4 Å². The molecule has 0 spiro atoms. The van der Waals surface area contributed by atoms with Crippen molar-refractivity contribution in [3.8, 4) is 0 Å². The Hall–Kier alpha value is -2.73. The number of aryl methyl sites for hydroxylation is 1. The molecule has 1 saturated carbocycles. The van der Waals surface area contributed by atoms with Gasteiger partial charge in [0.25, 0.3) is 11.8 Å². The molecule has 148 valence electrons. The molecule has 2 amide bonds. The zero-order chi connectivity index (χ0) is 20.0. The topological polar surface area (TPSA) is 62.3 Å². The molecule has 29 heavy (non-hydrogen) atoms. The van der Waals surface area contributed by atoms with Crippen LogP contribution in [0.1, 0.15) is 52.0 Å². The van der Waals surface area contributed by atoms with Gasteiger partial charge in [-0.25, -0.2) is 0 Å². The van der Waals surface area contributed by atoms with Gasteiger partial charge in [-0.1, -0.05) is 12.1 Å². The molecular weight excluding hydrogens is 382 g/mol. The van der Waals surface area contributed by atoms with Crippen LogP contribution < -0.4 is 5.32 Å². The summed E-state index contributed by atoms with van der Waals surface area (Å²) in [5, 5.41) is 6.43. The zero-order valence-corrected chi connectivity index (χ0v) is 17.2. The third-order valence-electron chi connectivity index (χ3n) is 6.31. The number of benzene rings is 1. The number of piperidine rings is 2. The molecule has 0 radical (unpaired) electrons. The van der Waals surface area contributed by atoms with Gasteiger partial charge >= 0.3 is 0 Å². The molecule has 6 rings (SSSR count). The van der Waals surface area contributed by atoms with Gasteiger partial charge in [-0.2, -0.15) is 0 Å². The monoisotopic (exact) mass is 405 g/mol. The quantitative estimate of drug-likeness (QED) is 0.711. The molecule has 1 N–H and O–H groups in total. The van der Waals surface area contributed by atoms with E-state index in [0.717, 1.165) is 46.9 Å². The first-order valence-corrected chi connectivity index (χ1v) is 10.9. The Morgan fingerprint density at radius 1 is 1.21 bits per heavy atom. The molecule has 0 atom stereocenters. The molecule has 0 unspecified atom stereocenters. The summed E-state index contributed by atoms with van der Waals surface area (Å²) in [6.45, 7) is 2.51. The number of nitrogens with one attached hydrogen (secondary N) is 1. The van der Waals surface area contributed by atoms with E-state index in [1.807, 2.05) is 47.5 Å². The summed E-state index contributed by atoms with van der Waals surface area (Å²) in [6.07, 6.45) is 7.08. The van der Waals surface area contributed by atoms with Gasteiger partial charge in [-0.3, -0.25) is 14.6 Å². The molecule has 4 heterocycles. The summed E-state index contributed by atoms with van der Waals surface area (Å²) in [5.74, 6) is -0.0207. The molecule has 1 aromatic carbocycles. The number of pyridine rings is 1. The second-order valence-corrected chi connectivity index (χ2v) is 9.21. The normalized spacial score (nSPS) is 23.3. The summed E-state index contributed by atoms with van der Waals surface area (Å²) in [5.41, 5.74) is 1.98. The molecule has 2 aromatic heterocycles. The minimum absolute atomic E-state index is 0.0181. The van der Waals surface area contributed by atoms with Crippen molar-refractivity contribution in [3.05, 3.63) is 64.8 Å². The molecule has 2 aliphatic heterocycles. The first-order valence-electron chi connectivity index (χ1n) is 10.1. The van der Waals surface area contributed by atoms with Crippen molar-refractivity contribution < 1.29 is 9.59 Å². The molecule has 1 aliphatic carbocycles. The second-order valence-electron chi connectivity index (χ2n) is 8.29. The average Bonchev–Trinajstić information content (AvgIpc) is 3.22. The number of carbonyl (C=O) groups excluding carboxylic acids is 2. The third-order valence-corrected chi connectivity index (χ3v) is 7.27. The number of carbonyl (C=O) groups is 2. The maximum absolute atomic E-state index is 13.2. The van der Waals surface area contributed by atoms with Crippen LogP contribution in [0.25, 0.3) is 10.1 Å². The number of nitrogens with zero attached hydrogens (tertiary/aromatic N) is 2. The van der Waals surface area contributed by atoms with Gasteiger partial charge in [-0.05, 0) is 67.1 Å². The summed E-state index contributed by atoms with van der Waals surface area (Å²) in [6, 6.07) is 10.0. The first-order chi connectivity index (χ1) is 14.0. The zero-order valence-electron chi connectivity index (χ0n) is 16.4. The van der Waals surface area contributed by atoms with Crippen molar-refractivity contribution in [2.75, 3.05) is 6.54 Å². The van der Waals surface area contributed by atoms with Crippen molar-refractivity contribution in [1.29, 1.82) is 0 Å². The SMILES string of the molecule is Cc1cncc(C(=O)N2CC3(NC(=O)c4cccc5ccsc45)CCC2CC3)c1. The second kappa shape index (κ2) is 6.95. The summed E-state index contributed by atoms with van der Waals surface area (Å²) in [7, 11) is 0. The predicted molar refractivity (Wildman–Crippen MR) is 114 cm³/mol. The van der Waals surface area contributed by atoms with Crippen LogP contribution in [0.3, 0.4) is 0 Å². The first kappa shape index (κ1) is 18.3. The van der Waals surface area contributed by atoms with Crippen LogP contribution in [0.2, 0.25) is 0 Å². The predicted octanol–water partition coefficient (Wildman–Crippen LogP) is 4.17. The molecule has 2 bridgehead atoms. The van der Waals surface area contributed by atoms with E-state index in [1.165, 1.54) is 0 Å². The Labute approximate surface area is 173 Å². The number of hydrogen-bond donors (Lipinski definition) is 1. The van der Waals surface area contributed by atoms with Crippen LogP contribution in [0.15, 0.2) is 48.1 Å². The highest BCUT2D eigenvalue weighted by atomic mass is 32.1. The molecular formula is C23H23N3O2S. The Balaban J connectivity index is 1.39.